The van der Waals surface area contributed by atoms with Crippen LogP contribution < -0.4 is 5.32 Å². The lowest BCUT2D eigenvalue weighted by atomic mass is 10.0. The highest BCUT2D eigenvalue weighted by molar-refractivity contribution is 5.76. The summed E-state index contributed by atoms with van der Waals surface area (Å²) in [5, 5.41) is 22.9. The van der Waals surface area contributed by atoms with Gasteiger partial charge in [-0.25, -0.2) is 0 Å². The number of nitrogens with one attached hydrogen (secondary N) is 1. The van der Waals surface area contributed by atoms with Crippen molar-refractivity contribution >= 4 is 11.9 Å². The summed E-state index contributed by atoms with van der Waals surface area (Å²) in [6.45, 7) is 4.87. The molecule has 0 aliphatic heterocycles. The van der Waals surface area contributed by atoms with Crippen molar-refractivity contribution in [1.29, 1.82) is 0 Å². The summed E-state index contributed by atoms with van der Waals surface area (Å²) in [6.07, 6.45) is 74.5. The molecule has 0 heterocycles. The van der Waals surface area contributed by atoms with Crippen LogP contribution in [-0.2, 0) is 14.3 Å². The zero-order valence-electron chi connectivity index (χ0n) is 46.0. The molecule has 0 saturated carbocycles. The molecule has 1 amide bonds. The van der Waals surface area contributed by atoms with E-state index in [1.54, 1.807) is 6.08 Å². The minimum Gasteiger partial charge on any atom is -0.466 e. The largest absolute Gasteiger partial charge is 0.466 e. The van der Waals surface area contributed by atoms with Crippen LogP contribution in [0, 0.1) is 0 Å². The maximum atomic E-state index is 12.4. The van der Waals surface area contributed by atoms with Crippen molar-refractivity contribution in [3.8, 4) is 0 Å². The van der Waals surface area contributed by atoms with Gasteiger partial charge in [-0.05, 0) is 89.9 Å². The molecule has 0 aliphatic carbocycles. The van der Waals surface area contributed by atoms with E-state index >= 15 is 0 Å². The fraction of sp³-hybridized carbons (Fsp3) is 0.841. The van der Waals surface area contributed by atoms with Crippen LogP contribution in [0.4, 0.5) is 0 Å². The number of hydrogen-bond acceptors (Lipinski definition) is 5. The Balaban J connectivity index is 3.41. The summed E-state index contributed by atoms with van der Waals surface area (Å²) in [7, 11) is 0. The van der Waals surface area contributed by atoms with E-state index in [0.29, 0.717) is 19.4 Å². The lowest BCUT2D eigenvalue weighted by molar-refractivity contribution is -0.143. The van der Waals surface area contributed by atoms with Gasteiger partial charge in [-0.1, -0.05) is 262 Å². The van der Waals surface area contributed by atoms with Crippen molar-refractivity contribution in [2.75, 3.05) is 13.2 Å². The number of rotatable bonds is 56. The molecule has 6 nitrogen and oxygen atoms in total. The highest BCUT2D eigenvalue weighted by atomic mass is 16.5. The van der Waals surface area contributed by atoms with Gasteiger partial charge in [-0.3, -0.25) is 9.59 Å². The number of carbonyl (C=O) groups excluding carboxylic acids is 2. The zero-order chi connectivity index (χ0) is 50.0. The third-order valence-corrected chi connectivity index (χ3v) is 13.8. The predicted molar refractivity (Wildman–Crippen MR) is 301 cm³/mol. The Morgan fingerprint density at radius 1 is 0.406 bits per heavy atom. The summed E-state index contributed by atoms with van der Waals surface area (Å²) in [5.74, 6) is -0.0722. The molecule has 0 rings (SSSR count). The lowest BCUT2D eigenvalue weighted by Crippen LogP contribution is -2.45. The molecule has 0 bridgehead atoms. The van der Waals surface area contributed by atoms with E-state index in [9.17, 15) is 19.8 Å². The number of esters is 1. The second kappa shape index (κ2) is 58.4. The maximum absolute atomic E-state index is 12.4. The molecule has 0 saturated heterocycles. The summed E-state index contributed by atoms with van der Waals surface area (Å²) < 4.78 is 5.49. The normalized spacial score (nSPS) is 12.9. The van der Waals surface area contributed by atoms with Crippen LogP contribution in [0.25, 0.3) is 0 Å². The van der Waals surface area contributed by atoms with E-state index in [1.165, 1.54) is 238 Å². The van der Waals surface area contributed by atoms with E-state index < -0.39 is 12.1 Å². The van der Waals surface area contributed by atoms with Crippen LogP contribution >= 0.6 is 0 Å². The summed E-state index contributed by atoms with van der Waals surface area (Å²) in [6, 6.07) is -0.631. The number of unbranched alkanes of at least 4 members (excludes halogenated alkanes) is 39. The number of carbonyl (C=O) groups is 2. The van der Waals surface area contributed by atoms with E-state index in [1.807, 2.05) is 6.08 Å². The van der Waals surface area contributed by atoms with Crippen molar-refractivity contribution in [3.05, 3.63) is 48.6 Å². The van der Waals surface area contributed by atoms with Gasteiger partial charge in [0.2, 0.25) is 5.91 Å². The van der Waals surface area contributed by atoms with Crippen molar-refractivity contribution in [1.82, 2.24) is 5.32 Å². The second-order valence-corrected chi connectivity index (χ2v) is 20.7. The average molecular weight is 969 g/mol. The van der Waals surface area contributed by atoms with E-state index in [-0.39, 0.29) is 18.5 Å². The fourth-order valence-corrected chi connectivity index (χ4v) is 9.13. The van der Waals surface area contributed by atoms with E-state index in [2.05, 4.69) is 55.6 Å². The van der Waals surface area contributed by atoms with Gasteiger partial charge in [-0.15, -0.1) is 0 Å². The quantitative estimate of drug-likeness (QED) is 0.0321. The Hall–Kier alpha value is -2.18. The Labute approximate surface area is 429 Å². The number of aliphatic hydroxyl groups excluding tert-OH is 2. The van der Waals surface area contributed by atoms with Gasteiger partial charge < -0.3 is 20.3 Å². The van der Waals surface area contributed by atoms with Crippen molar-refractivity contribution in [2.24, 2.45) is 0 Å². The molecular formula is C63H117NO5. The van der Waals surface area contributed by atoms with Crippen molar-refractivity contribution in [2.45, 2.75) is 328 Å². The molecule has 404 valence electrons. The Bertz CT molecular complexity index is 1160. The second-order valence-electron chi connectivity index (χ2n) is 20.7. The minimum absolute atomic E-state index is 0.00513. The summed E-state index contributed by atoms with van der Waals surface area (Å²) in [5.41, 5.74) is 0. The molecule has 2 unspecified atom stereocenters. The third-order valence-electron chi connectivity index (χ3n) is 13.8. The molecule has 0 fully saturated rings. The molecule has 6 heteroatoms. The fourth-order valence-electron chi connectivity index (χ4n) is 9.13. The molecule has 0 radical (unpaired) electrons. The Morgan fingerprint density at radius 3 is 1.12 bits per heavy atom. The lowest BCUT2D eigenvalue weighted by Gasteiger charge is -2.20. The maximum Gasteiger partial charge on any atom is 0.305 e. The monoisotopic (exact) mass is 968 g/mol. The Morgan fingerprint density at radius 2 is 0.725 bits per heavy atom. The molecule has 3 N–H and O–H groups in total. The van der Waals surface area contributed by atoms with Gasteiger partial charge in [-0.2, -0.15) is 0 Å². The number of amides is 1. The topological polar surface area (TPSA) is 95.9 Å². The molecular weight excluding hydrogens is 851 g/mol. The summed E-state index contributed by atoms with van der Waals surface area (Å²) >= 11 is 0. The first-order valence-electron chi connectivity index (χ1n) is 30.4. The molecule has 0 spiro atoms. The number of allylic oxidation sites excluding steroid dienone is 7. The number of hydrogen-bond donors (Lipinski definition) is 3. The van der Waals surface area contributed by atoms with E-state index in [0.717, 1.165) is 51.4 Å². The standard InChI is InChI=1S/C63H117NO5/c1-3-5-7-9-11-13-14-15-16-17-28-31-34-37-41-45-49-53-57-63(68)69-58-54-50-46-42-38-35-32-29-26-24-22-20-18-19-21-23-25-27-30-33-36-40-44-48-52-56-62(67)64-60(59-65)61(66)55-51-47-43-39-12-10-8-6-4-2/h16-17,19-22,51,55,60-61,65-66H,3-15,18,23-50,52-54,56-59H2,1-2H3,(H,64,67)/b17-16-,21-19-,22-20-,55-51+. The SMILES string of the molecule is CCCCCCCCC/C=C\CCCCCCCCCC(=O)OCCCCCCCCCCC/C=C\C/C=C\CCCCCCCCCCCC(=O)NC(CO)C(O)/C=C/CCCCCCCCC. The predicted octanol–water partition coefficient (Wildman–Crippen LogP) is 19.0. The Kier molecular flexibility index (Phi) is 56.5. The molecule has 0 aromatic rings. The van der Waals surface area contributed by atoms with Crippen LogP contribution in [-0.4, -0.2) is 47.4 Å². The highest BCUT2D eigenvalue weighted by Crippen LogP contribution is 2.16. The smallest absolute Gasteiger partial charge is 0.305 e. The van der Waals surface area contributed by atoms with Gasteiger partial charge in [0.15, 0.2) is 0 Å². The van der Waals surface area contributed by atoms with Crippen LogP contribution in [0.5, 0.6) is 0 Å². The number of ether oxygens (including phenoxy) is 1. The van der Waals surface area contributed by atoms with Crippen molar-refractivity contribution < 1.29 is 24.5 Å². The van der Waals surface area contributed by atoms with Crippen LogP contribution in [0.1, 0.15) is 316 Å². The first-order chi connectivity index (χ1) is 34.0. The number of aliphatic hydroxyl groups is 2. The molecule has 0 aromatic carbocycles. The van der Waals surface area contributed by atoms with E-state index in [4.69, 9.17) is 4.74 Å². The first-order valence-corrected chi connectivity index (χ1v) is 30.4. The van der Waals surface area contributed by atoms with Gasteiger partial charge in [0.25, 0.3) is 0 Å². The minimum atomic E-state index is -0.847. The van der Waals surface area contributed by atoms with Crippen LogP contribution in [0.2, 0.25) is 0 Å². The molecule has 69 heavy (non-hydrogen) atoms. The van der Waals surface area contributed by atoms with Gasteiger partial charge in [0.05, 0.1) is 25.4 Å². The molecule has 0 aliphatic rings. The van der Waals surface area contributed by atoms with Crippen molar-refractivity contribution in [3.63, 3.8) is 0 Å². The van der Waals surface area contributed by atoms with Crippen LogP contribution in [0.3, 0.4) is 0 Å². The van der Waals surface area contributed by atoms with Crippen LogP contribution in [0.15, 0.2) is 48.6 Å². The van der Waals surface area contributed by atoms with Gasteiger partial charge in [0.1, 0.15) is 0 Å². The zero-order valence-corrected chi connectivity index (χ0v) is 46.0. The van der Waals surface area contributed by atoms with Gasteiger partial charge in [0, 0.05) is 12.8 Å². The first kappa shape index (κ1) is 66.8. The molecule has 0 aromatic heterocycles. The molecule has 2 atom stereocenters. The van der Waals surface area contributed by atoms with Gasteiger partial charge >= 0.3 is 5.97 Å². The summed E-state index contributed by atoms with van der Waals surface area (Å²) in [4.78, 5) is 24.5. The average Bonchev–Trinajstić information content (AvgIpc) is 3.35. The third kappa shape index (κ3) is 55.0. The highest BCUT2D eigenvalue weighted by Gasteiger charge is 2.18.